The summed E-state index contributed by atoms with van der Waals surface area (Å²) < 4.78 is 19.4. The van der Waals surface area contributed by atoms with Gasteiger partial charge in [-0.2, -0.15) is 0 Å². The van der Waals surface area contributed by atoms with Crippen LogP contribution < -0.4 is 11.2 Å². The van der Waals surface area contributed by atoms with Crippen molar-refractivity contribution < 1.29 is 13.6 Å². The molecule has 0 radical (unpaired) electrons. The summed E-state index contributed by atoms with van der Waals surface area (Å²) in [5, 5.41) is 11.1. The highest BCUT2D eigenvalue weighted by molar-refractivity contribution is 7.99. The van der Waals surface area contributed by atoms with Gasteiger partial charge in [0.1, 0.15) is 11.6 Å². The van der Waals surface area contributed by atoms with E-state index in [4.69, 9.17) is 10.3 Å². The number of thioether (sulfide) groups is 1. The minimum Gasteiger partial charge on any atom is -0.469 e. The Labute approximate surface area is 141 Å². The van der Waals surface area contributed by atoms with Crippen LogP contribution in [-0.2, 0) is 4.79 Å². The van der Waals surface area contributed by atoms with Crippen molar-refractivity contribution in [1.82, 2.24) is 14.9 Å². The van der Waals surface area contributed by atoms with Crippen LogP contribution in [0.15, 0.2) is 46.2 Å². The molecule has 3 rings (SSSR count). The van der Waals surface area contributed by atoms with Gasteiger partial charge >= 0.3 is 0 Å². The molecular formula is C15H14FN5O2S. The molecule has 24 heavy (non-hydrogen) atoms. The molecule has 3 aromatic rings. The Balaban J connectivity index is 1.63. The Morgan fingerprint density at radius 2 is 2.08 bits per heavy atom. The first-order chi connectivity index (χ1) is 11.5. The highest BCUT2D eigenvalue weighted by atomic mass is 32.2. The van der Waals surface area contributed by atoms with Gasteiger partial charge in [0.15, 0.2) is 5.82 Å². The molecule has 124 valence electrons. The molecule has 0 spiro atoms. The lowest BCUT2D eigenvalue weighted by Gasteiger charge is -2.05. The number of nitrogens with zero attached hydrogens (tertiary/aromatic N) is 3. The predicted molar refractivity (Wildman–Crippen MR) is 88.4 cm³/mol. The van der Waals surface area contributed by atoms with Crippen molar-refractivity contribution in [3.05, 3.63) is 48.2 Å². The van der Waals surface area contributed by atoms with Crippen LogP contribution in [0.5, 0.6) is 0 Å². The first-order valence-corrected chi connectivity index (χ1v) is 7.96. The van der Waals surface area contributed by atoms with E-state index in [1.54, 1.807) is 19.3 Å². The van der Waals surface area contributed by atoms with E-state index in [1.807, 2.05) is 0 Å². The van der Waals surface area contributed by atoms with E-state index < -0.39 is 0 Å². The number of carbonyl (C=O) groups is 1. The van der Waals surface area contributed by atoms with Crippen LogP contribution in [0.2, 0.25) is 0 Å². The number of halogens is 1. The fourth-order valence-electron chi connectivity index (χ4n) is 2.04. The standard InChI is InChI=1S/C15H14FN5O2S/c1-9-12(6-7-23-9)14-19-20-15(21(14)17)24-8-13(22)18-11-4-2-10(16)3-5-11/h2-7H,8,17H2,1H3,(H,18,22). The second kappa shape index (κ2) is 6.75. The highest BCUT2D eigenvalue weighted by Crippen LogP contribution is 2.25. The van der Waals surface area contributed by atoms with E-state index in [1.165, 1.54) is 28.9 Å². The summed E-state index contributed by atoms with van der Waals surface area (Å²) in [5.74, 6) is 6.60. The maximum atomic E-state index is 12.8. The van der Waals surface area contributed by atoms with Crippen molar-refractivity contribution in [2.24, 2.45) is 0 Å². The first kappa shape index (κ1) is 16.1. The molecule has 0 saturated heterocycles. The first-order valence-electron chi connectivity index (χ1n) is 6.98. The number of nitrogens with two attached hydrogens (primary N) is 1. The predicted octanol–water partition coefficient (Wildman–Crippen LogP) is 2.43. The quantitative estimate of drug-likeness (QED) is 0.543. The molecule has 0 unspecified atom stereocenters. The van der Waals surface area contributed by atoms with Gasteiger partial charge < -0.3 is 15.6 Å². The van der Waals surface area contributed by atoms with Crippen LogP contribution in [0.3, 0.4) is 0 Å². The van der Waals surface area contributed by atoms with Gasteiger partial charge in [-0.3, -0.25) is 4.79 Å². The molecule has 2 heterocycles. The van der Waals surface area contributed by atoms with E-state index in [0.29, 0.717) is 22.4 Å². The second-order valence-electron chi connectivity index (χ2n) is 4.91. The van der Waals surface area contributed by atoms with Crippen molar-refractivity contribution in [3.8, 4) is 11.4 Å². The second-order valence-corrected chi connectivity index (χ2v) is 5.85. The monoisotopic (exact) mass is 347 g/mol. The minimum atomic E-state index is -0.360. The number of furan rings is 1. The number of aromatic nitrogens is 3. The van der Waals surface area contributed by atoms with Crippen molar-refractivity contribution in [3.63, 3.8) is 0 Å². The van der Waals surface area contributed by atoms with Crippen LogP contribution in [0.25, 0.3) is 11.4 Å². The Kier molecular flexibility index (Phi) is 4.52. The van der Waals surface area contributed by atoms with Gasteiger partial charge in [0.25, 0.3) is 0 Å². The number of benzene rings is 1. The number of amides is 1. The highest BCUT2D eigenvalue weighted by Gasteiger charge is 2.16. The van der Waals surface area contributed by atoms with Gasteiger partial charge in [0.05, 0.1) is 17.6 Å². The Morgan fingerprint density at radius 3 is 2.75 bits per heavy atom. The normalized spacial score (nSPS) is 10.8. The lowest BCUT2D eigenvalue weighted by Crippen LogP contribution is -2.16. The lowest BCUT2D eigenvalue weighted by atomic mass is 10.2. The number of anilines is 1. The summed E-state index contributed by atoms with van der Waals surface area (Å²) in [6.45, 7) is 1.80. The van der Waals surface area contributed by atoms with Crippen LogP contribution in [-0.4, -0.2) is 26.5 Å². The van der Waals surface area contributed by atoms with E-state index in [-0.39, 0.29) is 17.5 Å². The largest absolute Gasteiger partial charge is 0.469 e. The molecule has 0 saturated carbocycles. The molecule has 9 heteroatoms. The Bertz CT molecular complexity index is 859. The van der Waals surface area contributed by atoms with Gasteiger partial charge in [-0.25, -0.2) is 9.07 Å². The van der Waals surface area contributed by atoms with Gasteiger partial charge in [-0.1, -0.05) is 11.8 Å². The maximum Gasteiger partial charge on any atom is 0.234 e. The fourth-order valence-corrected chi connectivity index (χ4v) is 2.69. The van der Waals surface area contributed by atoms with E-state index >= 15 is 0 Å². The summed E-state index contributed by atoms with van der Waals surface area (Å²) in [4.78, 5) is 11.9. The number of nitrogens with one attached hydrogen (secondary N) is 1. The van der Waals surface area contributed by atoms with Crippen LogP contribution >= 0.6 is 11.8 Å². The molecule has 0 bridgehead atoms. The average Bonchev–Trinajstić information content (AvgIpc) is 3.13. The van der Waals surface area contributed by atoms with Crippen molar-refractivity contribution in [2.45, 2.75) is 12.1 Å². The molecule has 0 aliphatic heterocycles. The molecule has 0 atom stereocenters. The number of nitrogen functional groups attached to an aromatic ring is 1. The van der Waals surface area contributed by atoms with Crippen LogP contribution in [0.4, 0.5) is 10.1 Å². The molecule has 7 nitrogen and oxygen atoms in total. The summed E-state index contributed by atoms with van der Waals surface area (Å²) in [5.41, 5.74) is 1.26. The van der Waals surface area contributed by atoms with Gasteiger partial charge in [0, 0.05) is 5.69 Å². The lowest BCUT2D eigenvalue weighted by molar-refractivity contribution is -0.113. The molecular weight excluding hydrogens is 333 g/mol. The number of carbonyl (C=O) groups excluding carboxylic acids is 1. The third-order valence-corrected chi connectivity index (χ3v) is 4.17. The smallest absolute Gasteiger partial charge is 0.234 e. The Morgan fingerprint density at radius 1 is 1.33 bits per heavy atom. The van der Waals surface area contributed by atoms with Crippen LogP contribution in [0.1, 0.15) is 5.76 Å². The summed E-state index contributed by atoms with van der Waals surface area (Å²) in [7, 11) is 0. The number of rotatable bonds is 5. The minimum absolute atomic E-state index is 0.0943. The molecule has 1 aromatic carbocycles. The van der Waals surface area contributed by atoms with Crippen molar-refractivity contribution >= 4 is 23.4 Å². The third kappa shape index (κ3) is 3.40. The van der Waals surface area contributed by atoms with Crippen molar-refractivity contribution in [2.75, 3.05) is 16.9 Å². The zero-order chi connectivity index (χ0) is 17.1. The summed E-state index contributed by atoms with van der Waals surface area (Å²) in [6, 6.07) is 7.28. The number of hydrogen-bond acceptors (Lipinski definition) is 6. The number of aryl methyl sites for hydroxylation is 1. The van der Waals surface area contributed by atoms with Gasteiger partial charge in [-0.15, -0.1) is 10.2 Å². The van der Waals surface area contributed by atoms with Crippen LogP contribution in [0, 0.1) is 12.7 Å². The van der Waals surface area contributed by atoms with Gasteiger partial charge in [-0.05, 0) is 37.3 Å². The fraction of sp³-hybridized carbons (Fsp3) is 0.133. The molecule has 0 aliphatic carbocycles. The molecule has 3 N–H and O–H groups in total. The van der Waals surface area contributed by atoms with E-state index in [0.717, 1.165) is 17.3 Å². The third-order valence-electron chi connectivity index (χ3n) is 3.22. The molecule has 1 amide bonds. The SMILES string of the molecule is Cc1occc1-c1nnc(SCC(=O)Nc2ccc(F)cc2)n1N. The van der Waals surface area contributed by atoms with Crippen molar-refractivity contribution in [1.29, 1.82) is 0 Å². The molecule has 2 aromatic heterocycles. The number of hydrogen-bond donors (Lipinski definition) is 2. The summed E-state index contributed by atoms with van der Waals surface area (Å²) in [6.07, 6.45) is 1.54. The molecule has 0 aliphatic rings. The van der Waals surface area contributed by atoms with Gasteiger partial charge in [0.2, 0.25) is 11.1 Å². The topological polar surface area (TPSA) is 99.0 Å². The zero-order valence-corrected chi connectivity index (χ0v) is 13.5. The van der Waals surface area contributed by atoms with E-state index in [2.05, 4.69) is 15.5 Å². The Hall–Kier alpha value is -2.81. The maximum absolute atomic E-state index is 12.8. The molecule has 0 fully saturated rings. The summed E-state index contributed by atoms with van der Waals surface area (Å²) >= 11 is 1.15. The average molecular weight is 347 g/mol. The van der Waals surface area contributed by atoms with E-state index in [9.17, 15) is 9.18 Å². The zero-order valence-electron chi connectivity index (χ0n) is 12.7.